The standard InChI is InChI=1S/C29H33N3O4/c1-3-4-5-6-9-16-31-18-25(33)32-24(28(31)34)17-22-21-10-7-8-11-23(21)30-26(22)27(32)19-12-14-20(15-13-19)29(35)36-2/h7-8,10-15,24,27,30H,3-6,9,16-18H2,1-2H3/t24-,27-/m0/s1. The highest BCUT2D eigenvalue weighted by molar-refractivity contribution is 5.97. The summed E-state index contributed by atoms with van der Waals surface area (Å²) in [6, 6.07) is 14.2. The first kappa shape index (κ1) is 24.1. The van der Waals surface area contributed by atoms with Crippen LogP contribution in [0.2, 0.25) is 0 Å². The Morgan fingerprint density at radius 3 is 2.53 bits per heavy atom. The highest BCUT2D eigenvalue weighted by atomic mass is 16.5. The van der Waals surface area contributed by atoms with E-state index in [0.29, 0.717) is 18.5 Å². The Kier molecular flexibility index (Phi) is 6.81. The van der Waals surface area contributed by atoms with Gasteiger partial charge in [-0.2, -0.15) is 0 Å². The van der Waals surface area contributed by atoms with Crippen molar-refractivity contribution in [3.8, 4) is 0 Å². The largest absolute Gasteiger partial charge is 0.465 e. The molecule has 2 aromatic carbocycles. The van der Waals surface area contributed by atoms with Crippen LogP contribution in [-0.4, -0.2) is 58.8 Å². The molecule has 0 spiro atoms. The van der Waals surface area contributed by atoms with Gasteiger partial charge in [0.2, 0.25) is 11.8 Å². The van der Waals surface area contributed by atoms with E-state index in [4.69, 9.17) is 4.74 Å². The summed E-state index contributed by atoms with van der Waals surface area (Å²) in [5.41, 5.74) is 4.31. The molecule has 36 heavy (non-hydrogen) atoms. The van der Waals surface area contributed by atoms with Gasteiger partial charge in [-0.3, -0.25) is 9.59 Å². The smallest absolute Gasteiger partial charge is 0.337 e. The molecule has 2 aliphatic rings. The van der Waals surface area contributed by atoms with Gasteiger partial charge in [0.05, 0.1) is 25.3 Å². The molecule has 1 aromatic heterocycles. The van der Waals surface area contributed by atoms with Crippen molar-refractivity contribution < 1.29 is 19.1 Å². The summed E-state index contributed by atoms with van der Waals surface area (Å²) in [4.78, 5) is 46.3. The van der Waals surface area contributed by atoms with Crippen LogP contribution in [0.1, 0.15) is 72.2 Å². The van der Waals surface area contributed by atoms with Crippen molar-refractivity contribution in [3.63, 3.8) is 0 Å². The number of H-pyrrole nitrogens is 1. The highest BCUT2D eigenvalue weighted by Crippen LogP contribution is 2.42. The van der Waals surface area contributed by atoms with Crippen LogP contribution in [0, 0.1) is 0 Å². The number of ether oxygens (including phenoxy) is 1. The number of rotatable bonds is 8. The normalized spacial score (nSPS) is 19.4. The fourth-order valence-corrected chi connectivity index (χ4v) is 5.68. The third kappa shape index (κ3) is 4.27. The van der Waals surface area contributed by atoms with Crippen molar-refractivity contribution in [2.45, 2.75) is 57.5 Å². The lowest BCUT2D eigenvalue weighted by Gasteiger charge is -2.47. The molecule has 0 saturated carbocycles. The first-order valence-electron chi connectivity index (χ1n) is 12.9. The molecule has 1 saturated heterocycles. The van der Waals surface area contributed by atoms with Gasteiger partial charge in [0.1, 0.15) is 6.04 Å². The van der Waals surface area contributed by atoms with Crippen molar-refractivity contribution in [2.24, 2.45) is 0 Å². The van der Waals surface area contributed by atoms with E-state index >= 15 is 0 Å². The second-order valence-electron chi connectivity index (χ2n) is 9.77. The fraction of sp³-hybridized carbons (Fsp3) is 0.414. The number of hydrogen-bond acceptors (Lipinski definition) is 4. The SMILES string of the molecule is CCCCCCCN1CC(=O)N2[C@@H](c3ccc(C(=O)OC)cc3)c3[nH]c4ccccc4c3C[C@H]2C1=O. The number of nitrogens with one attached hydrogen (secondary N) is 1. The molecule has 0 unspecified atom stereocenters. The molecule has 2 atom stereocenters. The maximum Gasteiger partial charge on any atom is 0.337 e. The van der Waals surface area contributed by atoms with Crippen LogP contribution in [0.4, 0.5) is 0 Å². The second-order valence-corrected chi connectivity index (χ2v) is 9.77. The minimum atomic E-state index is -0.543. The van der Waals surface area contributed by atoms with Gasteiger partial charge in [-0.1, -0.05) is 62.9 Å². The zero-order chi connectivity index (χ0) is 25.2. The number of hydrogen-bond donors (Lipinski definition) is 1. The lowest BCUT2D eigenvalue weighted by molar-refractivity contribution is -0.158. The summed E-state index contributed by atoms with van der Waals surface area (Å²) in [6.45, 7) is 2.91. The summed E-state index contributed by atoms with van der Waals surface area (Å²) >= 11 is 0. The third-order valence-corrected chi connectivity index (χ3v) is 7.52. The number of aromatic nitrogens is 1. The Morgan fingerprint density at radius 2 is 1.78 bits per heavy atom. The first-order valence-corrected chi connectivity index (χ1v) is 12.9. The highest BCUT2D eigenvalue weighted by Gasteiger charge is 2.48. The fourth-order valence-electron chi connectivity index (χ4n) is 5.68. The van der Waals surface area contributed by atoms with Crippen molar-refractivity contribution in [2.75, 3.05) is 20.2 Å². The van der Waals surface area contributed by atoms with Crippen LogP contribution in [0.25, 0.3) is 10.9 Å². The third-order valence-electron chi connectivity index (χ3n) is 7.52. The molecule has 0 aliphatic carbocycles. The molecule has 2 aliphatic heterocycles. The zero-order valence-corrected chi connectivity index (χ0v) is 21.0. The molecular formula is C29H33N3O4. The molecule has 5 rings (SSSR count). The Bertz CT molecular complexity index is 1280. The van der Waals surface area contributed by atoms with E-state index in [0.717, 1.165) is 47.0 Å². The van der Waals surface area contributed by atoms with Crippen molar-refractivity contribution in [1.29, 1.82) is 0 Å². The van der Waals surface area contributed by atoms with Gasteiger partial charge in [0, 0.05) is 29.6 Å². The summed E-state index contributed by atoms with van der Waals surface area (Å²) < 4.78 is 4.84. The minimum Gasteiger partial charge on any atom is -0.465 e. The van der Waals surface area contributed by atoms with Crippen LogP contribution in [-0.2, 0) is 20.7 Å². The number of piperazine rings is 1. The molecule has 0 bridgehead atoms. The van der Waals surface area contributed by atoms with E-state index in [1.807, 2.05) is 30.3 Å². The van der Waals surface area contributed by atoms with Crippen LogP contribution in [0.5, 0.6) is 0 Å². The topological polar surface area (TPSA) is 82.7 Å². The number of carbonyl (C=O) groups is 3. The molecule has 3 aromatic rings. The molecule has 7 nitrogen and oxygen atoms in total. The van der Waals surface area contributed by atoms with E-state index < -0.39 is 18.1 Å². The van der Waals surface area contributed by atoms with E-state index in [1.165, 1.54) is 20.0 Å². The van der Waals surface area contributed by atoms with Gasteiger partial charge in [0.15, 0.2) is 0 Å². The quantitative estimate of drug-likeness (QED) is 0.372. The molecule has 188 valence electrons. The van der Waals surface area contributed by atoms with Gasteiger partial charge in [-0.25, -0.2) is 4.79 Å². The number of unbranched alkanes of at least 4 members (excludes halogenated alkanes) is 4. The molecule has 1 N–H and O–H groups in total. The molecular weight excluding hydrogens is 454 g/mol. The van der Waals surface area contributed by atoms with Gasteiger partial charge in [0.25, 0.3) is 0 Å². The maximum atomic E-state index is 13.7. The number of benzene rings is 2. The number of fused-ring (bicyclic) bond motifs is 4. The first-order chi connectivity index (χ1) is 17.5. The monoisotopic (exact) mass is 487 g/mol. The Labute approximate surface area is 211 Å². The number of esters is 1. The lowest BCUT2D eigenvalue weighted by Crippen LogP contribution is -2.63. The summed E-state index contributed by atoms with van der Waals surface area (Å²) in [5, 5.41) is 1.08. The number of nitrogens with zero attached hydrogens (tertiary/aromatic N) is 2. The lowest BCUT2D eigenvalue weighted by atomic mass is 9.86. The number of aromatic amines is 1. The molecule has 1 fully saturated rings. The predicted octanol–water partition coefficient (Wildman–Crippen LogP) is 4.61. The van der Waals surface area contributed by atoms with Gasteiger partial charge in [-0.05, 0) is 35.7 Å². The van der Waals surface area contributed by atoms with Gasteiger partial charge < -0.3 is 19.5 Å². The molecule has 7 heteroatoms. The number of carbonyl (C=O) groups excluding carboxylic acids is 3. The van der Waals surface area contributed by atoms with E-state index in [1.54, 1.807) is 21.9 Å². The molecule has 0 radical (unpaired) electrons. The Hall–Kier alpha value is -3.61. The Balaban J connectivity index is 1.51. The second kappa shape index (κ2) is 10.2. The van der Waals surface area contributed by atoms with Crippen molar-refractivity contribution in [3.05, 3.63) is 70.9 Å². The predicted molar refractivity (Wildman–Crippen MR) is 138 cm³/mol. The van der Waals surface area contributed by atoms with E-state index in [9.17, 15) is 14.4 Å². The van der Waals surface area contributed by atoms with E-state index in [2.05, 4.69) is 18.0 Å². The zero-order valence-electron chi connectivity index (χ0n) is 21.0. The molecule has 3 heterocycles. The Morgan fingerprint density at radius 1 is 1.03 bits per heavy atom. The average molecular weight is 488 g/mol. The average Bonchev–Trinajstić information content (AvgIpc) is 3.28. The number of methoxy groups -OCH3 is 1. The minimum absolute atomic E-state index is 0.0252. The number of amides is 2. The van der Waals surface area contributed by atoms with Crippen molar-refractivity contribution >= 4 is 28.7 Å². The van der Waals surface area contributed by atoms with Gasteiger partial charge >= 0.3 is 5.97 Å². The van der Waals surface area contributed by atoms with Crippen LogP contribution >= 0.6 is 0 Å². The van der Waals surface area contributed by atoms with Crippen LogP contribution < -0.4 is 0 Å². The van der Waals surface area contributed by atoms with Crippen LogP contribution in [0.3, 0.4) is 0 Å². The van der Waals surface area contributed by atoms with Crippen molar-refractivity contribution in [1.82, 2.24) is 14.8 Å². The molecule has 2 amide bonds. The van der Waals surface area contributed by atoms with E-state index in [-0.39, 0.29) is 18.4 Å². The summed E-state index contributed by atoms with van der Waals surface area (Å²) in [6.07, 6.45) is 6.01. The van der Waals surface area contributed by atoms with Gasteiger partial charge in [-0.15, -0.1) is 0 Å². The maximum absolute atomic E-state index is 13.7. The van der Waals surface area contributed by atoms with Crippen LogP contribution in [0.15, 0.2) is 48.5 Å². The summed E-state index contributed by atoms with van der Waals surface area (Å²) in [5.74, 6) is -0.426. The summed E-state index contributed by atoms with van der Waals surface area (Å²) in [7, 11) is 1.35. The number of para-hydroxylation sites is 1.